The van der Waals surface area contributed by atoms with Crippen LogP contribution in [0.15, 0.2) is 65.4 Å². The first-order valence-electron chi connectivity index (χ1n) is 10.3. The van der Waals surface area contributed by atoms with Crippen LogP contribution >= 0.6 is 11.3 Å². The van der Waals surface area contributed by atoms with E-state index in [1.165, 1.54) is 11.3 Å². The van der Waals surface area contributed by atoms with Crippen molar-refractivity contribution >= 4 is 34.7 Å². The van der Waals surface area contributed by atoms with Crippen molar-refractivity contribution in [3.05, 3.63) is 87.6 Å². The number of para-hydroxylation sites is 1. The predicted molar refractivity (Wildman–Crippen MR) is 123 cm³/mol. The molecule has 1 fully saturated rings. The van der Waals surface area contributed by atoms with E-state index in [0.29, 0.717) is 55.2 Å². The van der Waals surface area contributed by atoms with Gasteiger partial charge in [0.25, 0.3) is 17.7 Å². The van der Waals surface area contributed by atoms with E-state index in [1.54, 1.807) is 52.7 Å². The summed E-state index contributed by atoms with van der Waals surface area (Å²) in [7, 11) is 0. The number of ether oxygens (including phenoxy) is 1. The number of morpholine rings is 1. The van der Waals surface area contributed by atoms with Crippen LogP contribution in [0.3, 0.4) is 0 Å². The number of hydrogen-bond acceptors (Lipinski definition) is 5. The lowest BCUT2D eigenvalue weighted by atomic mass is 10.1. The number of amides is 3. The van der Waals surface area contributed by atoms with Gasteiger partial charge in [0.2, 0.25) is 0 Å². The number of benzene rings is 2. The van der Waals surface area contributed by atoms with Gasteiger partial charge in [-0.1, -0.05) is 24.3 Å². The highest BCUT2D eigenvalue weighted by Crippen LogP contribution is 2.18. The van der Waals surface area contributed by atoms with Crippen molar-refractivity contribution in [2.45, 2.75) is 6.54 Å². The fourth-order valence-corrected chi connectivity index (χ4v) is 4.01. The van der Waals surface area contributed by atoms with E-state index in [1.807, 2.05) is 17.5 Å². The smallest absolute Gasteiger partial charge is 0.256 e. The Kier molecular flexibility index (Phi) is 6.94. The number of anilines is 1. The Balaban J connectivity index is 1.36. The molecule has 0 unspecified atom stereocenters. The summed E-state index contributed by atoms with van der Waals surface area (Å²) in [4.78, 5) is 39.4. The molecule has 7 nitrogen and oxygen atoms in total. The maximum absolute atomic E-state index is 12.8. The molecule has 0 bridgehead atoms. The van der Waals surface area contributed by atoms with E-state index < -0.39 is 0 Å². The van der Waals surface area contributed by atoms with Crippen molar-refractivity contribution in [2.75, 3.05) is 31.6 Å². The Morgan fingerprint density at radius 1 is 0.906 bits per heavy atom. The van der Waals surface area contributed by atoms with Gasteiger partial charge in [-0.2, -0.15) is 11.3 Å². The van der Waals surface area contributed by atoms with E-state index in [9.17, 15) is 14.4 Å². The molecule has 0 spiro atoms. The van der Waals surface area contributed by atoms with Gasteiger partial charge in [0.15, 0.2) is 0 Å². The zero-order valence-corrected chi connectivity index (χ0v) is 18.2. The lowest BCUT2D eigenvalue weighted by molar-refractivity contribution is 0.0303. The van der Waals surface area contributed by atoms with E-state index in [2.05, 4.69) is 10.6 Å². The van der Waals surface area contributed by atoms with Crippen molar-refractivity contribution < 1.29 is 19.1 Å². The van der Waals surface area contributed by atoms with Gasteiger partial charge >= 0.3 is 0 Å². The number of carbonyl (C=O) groups excluding carboxylic acids is 3. The lowest BCUT2D eigenvalue weighted by Gasteiger charge is -2.26. The van der Waals surface area contributed by atoms with Gasteiger partial charge in [-0.15, -0.1) is 0 Å². The van der Waals surface area contributed by atoms with Gasteiger partial charge in [0.1, 0.15) is 0 Å². The van der Waals surface area contributed by atoms with Gasteiger partial charge in [-0.05, 0) is 41.3 Å². The molecule has 2 heterocycles. The highest BCUT2D eigenvalue weighted by Gasteiger charge is 2.18. The Morgan fingerprint density at radius 3 is 2.38 bits per heavy atom. The minimum atomic E-state index is -0.292. The average molecular weight is 450 g/mol. The zero-order valence-electron chi connectivity index (χ0n) is 17.4. The zero-order chi connectivity index (χ0) is 22.3. The van der Waals surface area contributed by atoms with E-state index in [-0.39, 0.29) is 17.7 Å². The largest absolute Gasteiger partial charge is 0.378 e. The van der Waals surface area contributed by atoms with Crippen molar-refractivity contribution in [3.8, 4) is 0 Å². The second-order valence-corrected chi connectivity index (χ2v) is 8.08. The molecule has 0 aliphatic carbocycles. The van der Waals surface area contributed by atoms with Gasteiger partial charge in [-0.3, -0.25) is 14.4 Å². The molecule has 1 aliphatic rings. The maximum Gasteiger partial charge on any atom is 0.256 e. The van der Waals surface area contributed by atoms with Gasteiger partial charge in [-0.25, -0.2) is 0 Å². The number of rotatable bonds is 6. The molecule has 32 heavy (non-hydrogen) atoms. The topological polar surface area (TPSA) is 87.7 Å². The quantitative estimate of drug-likeness (QED) is 0.604. The summed E-state index contributed by atoms with van der Waals surface area (Å²) in [5.74, 6) is -0.564. The van der Waals surface area contributed by atoms with Crippen LogP contribution in [0.25, 0.3) is 0 Å². The van der Waals surface area contributed by atoms with Crippen LogP contribution in [0.1, 0.15) is 36.6 Å². The summed E-state index contributed by atoms with van der Waals surface area (Å²) < 4.78 is 5.29. The fourth-order valence-electron chi connectivity index (χ4n) is 3.37. The summed E-state index contributed by atoms with van der Waals surface area (Å²) >= 11 is 1.44. The monoisotopic (exact) mass is 449 g/mol. The standard InChI is InChI=1S/C24H23N3O4S/c28-22(19-9-14-32-16-19)26-21-4-2-1-3-20(21)23(29)25-15-17-5-7-18(8-6-17)24(30)27-10-12-31-13-11-27/h1-9,14,16H,10-13,15H2,(H,25,29)(H,26,28). The Morgan fingerprint density at radius 2 is 1.66 bits per heavy atom. The van der Waals surface area contributed by atoms with Gasteiger partial charge in [0, 0.05) is 30.6 Å². The minimum absolute atomic E-state index is 0.0147. The second-order valence-electron chi connectivity index (χ2n) is 7.30. The molecule has 0 radical (unpaired) electrons. The number of carbonyl (C=O) groups is 3. The maximum atomic E-state index is 12.8. The Bertz CT molecular complexity index is 1090. The van der Waals surface area contributed by atoms with E-state index in [4.69, 9.17) is 4.74 Å². The number of hydrogen-bond donors (Lipinski definition) is 2. The molecule has 1 aromatic heterocycles. The summed E-state index contributed by atoms with van der Waals surface area (Å²) in [6.45, 7) is 2.62. The van der Waals surface area contributed by atoms with Crippen LogP contribution in [-0.4, -0.2) is 48.9 Å². The van der Waals surface area contributed by atoms with Crippen LogP contribution in [0.4, 0.5) is 5.69 Å². The molecule has 2 N–H and O–H groups in total. The Labute approximate surface area is 190 Å². The molecule has 0 atom stereocenters. The average Bonchev–Trinajstić information content (AvgIpc) is 3.39. The van der Waals surface area contributed by atoms with Crippen molar-refractivity contribution in [2.24, 2.45) is 0 Å². The molecule has 3 amide bonds. The van der Waals surface area contributed by atoms with Crippen LogP contribution in [-0.2, 0) is 11.3 Å². The predicted octanol–water partition coefficient (Wildman–Crippen LogP) is 3.40. The molecule has 3 aromatic rings. The highest BCUT2D eigenvalue weighted by atomic mass is 32.1. The van der Waals surface area contributed by atoms with E-state index >= 15 is 0 Å². The highest BCUT2D eigenvalue weighted by molar-refractivity contribution is 7.08. The molecule has 2 aromatic carbocycles. The van der Waals surface area contributed by atoms with Crippen LogP contribution in [0.2, 0.25) is 0 Å². The molecule has 0 saturated carbocycles. The van der Waals surface area contributed by atoms with E-state index in [0.717, 1.165) is 5.56 Å². The van der Waals surface area contributed by atoms with Crippen molar-refractivity contribution in [3.63, 3.8) is 0 Å². The van der Waals surface area contributed by atoms with Crippen molar-refractivity contribution in [1.82, 2.24) is 10.2 Å². The summed E-state index contributed by atoms with van der Waals surface area (Å²) in [6, 6.07) is 15.8. The molecule has 8 heteroatoms. The fraction of sp³-hybridized carbons (Fsp3) is 0.208. The number of nitrogens with one attached hydrogen (secondary N) is 2. The first-order chi connectivity index (χ1) is 15.6. The third-order valence-corrected chi connectivity index (χ3v) is 5.84. The number of thiophene rings is 1. The third-order valence-electron chi connectivity index (χ3n) is 5.16. The summed E-state index contributed by atoms with van der Waals surface area (Å²) in [5, 5.41) is 9.26. The normalized spacial score (nSPS) is 13.4. The van der Waals surface area contributed by atoms with Gasteiger partial charge in [0.05, 0.1) is 30.0 Å². The SMILES string of the molecule is O=C(Nc1ccccc1C(=O)NCc1ccc(C(=O)N2CCOCC2)cc1)c1ccsc1. The first kappa shape index (κ1) is 21.7. The minimum Gasteiger partial charge on any atom is -0.378 e. The molecular weight excluding hydrogens is 426 g/mol. The van der Waals surface area contributed by atoms with Crippen LogP contribution in [0.5, 0.6) is 0 Å². The molecule has 1 saturated heterocycles. The van der Waals surface area contributed by atoms with Crippen molar-refractivity contribution in [1.29, 1.82) is 0 Å². The third kappa shape index (κ3) is 5.22. The molecule has 1 aliphatic heterocycles. The molecular formula is C24H23N3O4S. The van der Waals surface area contributed by atoms with Crippen LogP contribution in [0, 0.1) is 0 Å². The first-order valence-corrected chi connectivity index (χ1v) is 11.2. The molecule has 4 rings (SSSR count). The number of nitrogens with zero attached hydrogens (tertiary/aromatic N) is 1. The second kappa shape index (κ2) is 10.2. The summed E-state index contributed by atoms with van der Waals surface area (Å²) in [6.07, 6.45) is 0. The Hall–Kier alpha value is -3.49. The van der Waals surface area contributed by atoms with Crippen LogP contribution < -0.4 is 10.6 Å². The lowest BCUT2D eigenvalue weighted by Crippen LogP contribution is -2.40. The summed E-state index contributed by atoms with van der Waals surface area (Å²) in [5.41, 5.74) is 2.87. The molecule has 164 valence electrons. The van der Waals surface area contributed by atoms with Gasteiger partial charge < -0.3 is 20.3 Å².